The summed E-state index contributed by atoms with van der Waals surface area (Å²) >= 11 is 0. The molecule has 0 unspecified atom stereocenters. The van der Waals surface area contributed by atoms with Crippen LogP contribution in [0.15, 0.2) is 48.5 Å². The molecule has 20 heavy (non-hydrogen) atoms. The van der Waals surface area contributed by atoms with E-state index in [1.807, 2.05) is 30.3 Å². The van der Waals surface area contributed by atoms with Crippen LogP contribution in [0.2, 0.25) is 0 Å². The molecule has 0 aliphatic rings. The minimum atomic E-state index is -0.316. The maximum Gasteiger partial charge on any atom is 0.163 e. The molecule has 0 fully saturated rings. The van der Waals surface area contributed by atoms with Crippen LogP contribution in [0.25, 0.3) is 22.8 Å². The fourth-order valence-electron chi connectivity index (χ4n) is 1.82. The number of halogens is 1. The summed E-state index contributed by atoms with van der Waals surface area (Å²) in [6, 6.07) is 15.3. The molecule has 5 heteroatoms. The summed E-state index contributed by atoms with van der Waals surface area (Å²) in [4.78, 5) is 1.29. The number of hydrogen-bond donors (Lipinski definition) is 0. The van der Waals surface area contributed by atoms with Crippen molar-refractivity contribution in [2.24, 2.45) is 0 Å². The molecule has 0 bridgehead atoms. The van der Waals surface area contributed by atoms with Gasteiger partial charge in [-0.3, -0.25) is 0 Å². The van der Waals surface area contributed by atoms with Gasteiger partial charge < -0.3 is 0 Å². The van der Waals surface area contributed by atoms with E-state index in [-0.39, 0.29) is 11.5 Å². The number of benzene rings is 2. The molecule has 1 aromatic heterocycles. The molecule has 1 heterocycles. The Kier molecular flexibility index (Phi) is 2.98. The summed E-state index contributed by atoms with van der Waals surface area (Å²) < 4.78 is 12.9. The number of allylic oxidation sites excluding steroid dienone is 1. The second-order valence-electron chi connectivity index (χ2n) is 4.17. The highest BCUT2D eigenvalue weighted by Crippen LogP contribution is 2.13. The summed E-state index contributed by atoms with van der Waals surface area (Å²) in [5.74, 6) is -0.316. The highest BCUT2D eigenvalue weighted by Gasteiger charge is 2.06. The molecule has 0 radical (unpaired) electrons. The lowest BCUT2D eigenvalue weighted by molar-refractivity contribution is 0.628. The van der Waals surface area contributed by atoms with Gasteiger partial charge in [-0.25, -0.2) is 4.39 Å². The lowest BCUT2D eigenvalue weighted by Gasteiger charge is -1.97. The third-order valence-corrected chi connectivity index (χ3v) is 2.79. The van der Waals surface area contributed by atoms with Gasteiger partial charge in [0.05, 0.1) is 0 Å². The van der Waals surface area contributed by atoms with Crippen LogP contribution in [-0.2, 0) is 0 Å². The highest BCUT2D eigenvalue weighted by molar-refractivity contribution is 5.80. The number of hydrogen-bond acceptors (Lipinski definition) is 3. The van der Waals surface area contributed by atoms with E-state index in [0.717, 1.165) is 0 Å². The Morgan fingerprint density at radius 3 is 2.20 bits per heavy atom. The van der Waals surface area contributed by atoms with Gasteiger partial charge in [0.2, 0.25) is 0 Å². The van der Waals surface area contributed by atoms with Crippen molar-refractivity contribution in [3.63, 3.8) is 0 Å². The van der Waals surface area contributed by atoms with Crippen LogP contribution in [-0.4, -0.2) is 15.0 Å². The van der Waals surface area contributed by atoms with Gasteiger partial charge in [-0.1, -0.05) is 24.3 Å². The molecule has 0 spiro atoms. The molecule has 4 nitrogen and oxygen atoms in total. The largest absolute Gasteiger partial charge is 0.207 e. The fraction of sp³-hybridized carbons (Fsp3) is 0. The predicted molar refractivity (Wildman–Crippen MR) is 73.7 cm³/mol. The maximum atomic E-state index is 12.9. The van der Waals surface area contributed by atoms with E-state index in [4.69, 9.17) is 0 Å². The first-order chi connectivity index (χ1) is 9.76. The molecule has 0 N–H and O–H groups in total. The molecule has 0 aliphatic carbocycles. The molecule has 0 atom stereocenters. The Morgan fingerprint density at radius 1 is 1.05 bits per heavy atom. The van der Waals surface area contributed by atoms with Gasteiger partial charge in [0.1, 0.15) is 22.9 Å². The summed E-state index contributed by atoms with van der Waals surface area (Å²) in [5, 5.41) is 17.7. The minimum Gasteiger partial charge on any atom is -0.207 e. The Hall–Kier alpha value is -3.00. The first kappa shape index (κ1) is 12.1. The lowest BCUT2D eigenvalue weighted by Crippen LogP contribution is -1.99. The van der Waals surface area contributed by atoms with Crippen molar-refractivity contribution < 1.29 is 4.39 Å². The third kappa shape index (κ3) is 2.27. The van der Waals surface area contributed by atoms with Crippen molar-refractivity contribution in [3.05, 3.63) is 59.9 Å². The van der Waals surface area contributed by atoms with Gasteiger partial charge in [-0.05, 0) is 35.9 Å². The van der Waals surface area contributed by atoms with E-state index in [9.17, 15) is 9.65 Å². The molecular formula is C15H9FN4. The Labute approximate surface area is 114 Å². The zero-order valence-electron chi connectivity index (χ0n) is 10.4. The quantitative estimate of drug-likeness (QED) is 0.668. The number of nitriles is 1. The number of aromatic nitrogens is 3. The van der Waals surface area contributed by atoms with Crippen molar-refractivity contribution >= 4 is 22.8 Å². The molecule has 2 aromatic carbocycles. The monoisotopic (exact) mass is 264 g/mol. The van der Waals surface area contributed by atoms with Gasteiger partial charge in [0, 0.05) is 0 Å². The smallest absolute Gasteiger partial charge is 0.163 e. The standard InChI is InChI=1S/C15H9FN4/c16-12-7-5-11(6-8-12)9-13(10-17)20-18-14-3-1-2-4-15(14)19-20/h1-9H/b13-9+. The van der Waals surface area contributed by atoms with E-state index in [2.05, 4.69) is 10.2 Å². The number of rotatable bonds is 2. The molecule has 0 saturated heterocycles. The van der Waals surface area contributed by atoms with E-state index < -0.39 is 0 Å². The zero-order chi connectivity index (χ0) is 13.9. The molecular weight excluding hydrogens is 255 g/mol. The molecule has 3 rings (SSSR count). The van der Waals surface area contributed by atoms with Crippen molar-refractivity contribution in [2.45, 2.75) is 0 Å². The van der Waals surface area contributed by atoms with Crippen molar-refractivity contribution in [3.8, 4) is 6.07 Å². The topological polar surface area (TPSA) is 54.5 Å². The third-order valence-electron chi connectivity index (χ3n) is 2.79. The van der Waals surface area contributed by atoms with Crippen LogP contribution in [0.5, 0.6) is 0 Å². The fourth-order valence-corrected chi connectivity index (χ4v) is 1.82. The Balaban J connectivity index is 2.05. The second kappa shape index (κ2) is 4.94. The minimum absolute atomic E-state index is 0.271. The SMILES string of the molecule is N#C/C(=C\c1ccc(F)cc1)n1nc2ccccc2n1. The lowest BCUT2D eigenvalue weighted by atomic mass is 10.2. The van der Waals surface area contributed by atoms with E-state index in [1.165, 1.54) is 16.9 Å². The van der Waals surface area contributed by atoms with Crippen molar-refractivity contribution in [2.75, 3.05) is 0 Å². The molecule has 0 amide bonds. The average molecular weight is 264 g/mol. The van der Waals surface area contributed by atoms with Crippen LogP contribution in [0.3, 0.4) is 0 Å². The van der Waals surface area contributed by atoms with Crippen molar-refractivity contribution in [1.29, 1.82) is 5.26 Å². The summed E-state index contributed by atoms with van der Waals surface area (Å²) in [7, 11) is 0. The van der Waals surface area contributed by atoms with Crippen LogP contribution >= 0.6 is 0 Å². The van der Waals surface area contributed by atoms with Crippen LogP contribution in [0, 0.1) is 17.1 Å². The predicted octanol–water partition coefficient (Wildman–Crippen LogP) is 3.09. The van der Waals surface area contributed by atoms with E-state index in [0.29, 0.717) is 16.6 Å². The molecule has 3 aromatic rings. The van der Waals surface area contributed by atoms with Gasteiger partial charge in [-0.2, -0.15) is 5.26 Å². The molecule has 0 aliphatic heterocycles. The summed E-state index contributed by atoms with van der Waals surface area (Å²) in [6.45, 7) is 0. The highest BCUT2D eigenvalue weighted by atomic mass is 19.1. The summed E-state index contributed by atoms with van der Waals surface area (Å²) in [6.07, 6.45) is 1.61. The molecule has 0 saturated carbocycles. The molecule has 96 valence electrons. The first-order valence-electron chi connectivity index (χ1n) is 5.96. The number of nitrogens with zero attached hydrogens (tertiary/aromatic N) is 4. The normalized spacial score (nSPS) is 11.5. The first-order valence-corrected chi connectivity index (χ1v) is 5.96. The van der Waals surface area contributed by atoms with Crippen LogP contribution in [0.1, 0.15) is 5.56 Å². The van der Waals surface area contributed by atoms with Gasteiger partial charge >= 0.3 is 0 Å². The van der Waals surface area contributed by atoms with Crippen LogP contribution < -0.4 is 0 Å². The average Bonchev–Trinajstić information content (AvgIpc) is 2.90. The van der Waals surface area contributed by atoms with Gasteiger partial charge in [0.15, 0.2) is 5.70 Å². The number of fused-ring (bicyclic) bond motifs is 1. The van der Waals surface area contributed by atoms with Gasteiger partial charge in [0.25, 0.3) is 0 Å². The Bertz CT molecular complexity index is 792. The maximum absolute atomic E-state index is 12.9. The van der Waals surface area contributed by atoms with Crippen molar-refractivity contribution in [1.82, 2.24) is 15.0 Å². The summed E-state index contributed by atoms with van der Waals surface area (Å²) in [5.41, 5.74) is 2.41. The zero-order valence-corrected chi connectivity index (χ0v) is 10.4. The van der Waals surface area contributed by atoms with Crippen LogP contribution in [0.4, 0.5) is 4.39 Å². The van der Waals surface area contributed by atoms with Gasteiger partial charge in [-0.15, -0.1) is 15.0 Å². The van der Waals surface area contributed by atoms with E-state index >= 15 is 0 Å². The second-order valence-corrected chi connectivity index (χ2v) is 4.17. The van der Waals surface area contributed by atoms with E-state index in [1.54, 1.807) is 18.2 Å². The Morgan fingerprint density at radius 2 is 1.65 bits per heavy atom.